The van der Waals surface area contributed by atoms with E-state index >= 15 is 0 Å². The highest BCUT2D eigenvalue weighted by Crippen LogP contribution is 2.35. The first-order chi connectivity index (χ1) is 21.3. The Morgan fingerprint density at radius 3 is 0.814 bits per heavy atom. The first-order valence-corrected chi connectivity index (χ1v) is 15.7. The van der Waals surface area contributed by atoms with Crippen molar-refractivity contribution in [2.75, 3.05) is 0 Å². The van der Waals surface area contributed by atoms with Gasteiger partial charge in [-0.25, -0.2) is 0 Å². The molecule has 0 N–H and O–H groups in total. The Labute approximate surface area is 255 Å². The summed E-state index contributed by atoms with van der Waals surface area (Å²) in [6, 6.07) is 56.3. The van der Waals surface area contributed by atoms with Gasteiger partial charge in [0.25, 0.3) is 0 Å². The molecule has 0 aliphatic carbocycles. The van der Waals surface area contributed by atoms with Crippen LogP contribution in [0.3, 0.4) is 0 Å². The largest absolute Gasteiger partial charge is 0.489 e. The molecule has 6 aromatic rings. The maximum Gasteiger partial charge on any atom is 0.119 e. The van der Waals surface area contributed by atoms with Crippen molar-refractivity contribution < 1.29 is 14.2 Å². The fourth-order valence-electron chi connectivity index (χ4n) is 4.74. The molecule has 43 heavy (non-hydrogen) atoms. The van der Waals surface area contributed by atoms with Gasteiger partial charge in [-0.1, -0.05) is 127 Å². The van der Waals surface area contributed by atoms with Gasteiger partial charge in [0.1, 0.15) is 37.1 Å². The molecule has 0 atom stereocenters. The highest BCUT2D eigenvalue weighted by atomic mass is 31.1. The number of benzene rings is 6. The average Bonchev–Trinajstić information content (AvgIpc) is 3.09. The average molecular weight is 581 g/mol. The summed E-state index contributed by atoms with van der Waals surface area (Å²) < 4.78 is 18.2. The Hall–Kier alpha value is -4.85. The van der Waals surface area contributed by atoms with E-state index in [1.165, 1.54) is 15.9 Å². The Balaban J connectivity index is 1.21. The quantitative estimate of drug-likeness (QED) is 0.137. The molecular formula is C39H33O3P. The van der Waals surface area contributed by atoms with E-state index in [4.69, 9.17) is 14.2 Å². The summed E-state index contributed by atoms with van der Waals surface area (Å²) >= 11 is 0. The molecule has 0 aliphatic rings. The van der Waals surface area contributed by atoms with Crippen molar-refractivity contribution in [1.29, 1.82) is 0 Å². The molecule has 3 nitrogen and oxygen atoms in total. The normalized spacial score (nSPS) is 10.8. The molecule has 0 heterocycles. The predicted octanol–water partition coefficient (Wildman–Crippen LogP) is 8.18. The molecule has 0 spiro atoms. The van der Waals surface area contributed by atoms with Crippen LogP contribution in [0.15, 0.2) is 164 Å². The fraction of sp³-hybridized carbons (Fsp3) is 0.0769. The van der Waals surface area contributed by atoms with Crippen molar-refractivity contribution in [3.05, 3.63) is 180 Å². The highest BCUT2D eigenvalue weighted by molar-refractivity contribution is 7.79. The van der Waals surface area contributed by atoms with Crippen molar-refractivity contribution in [3.63, 3.8) is 0 Å². The van der Waals surface area contributed by atoms with Crippen molar-refractivity contribution >= 4 is 23.8 Å². The molecule has 0 saturated carbocycles. The minimum Gasteiger partial charge on any atom is -0.489 e. The molecule has 212 valence electrons. The van der Waals surface area contributed by atoms with Gasteiger partial charge >= 0.3 is 0 Å². The summed E-state index contributed by atoms with van der Waals surface area (Å²) in [5.41, 5.74) is 3.45. The third-order valence-electron chi connectivity index (χ3n) is 7.03. The van der Waals surface area contributed by atoms with Gasteiger partial charge in [0, 0.05) is 0 Å². The molecule has 6 rings (SSSR count). The van der Waals surface area contributed by atoms with Gasteiger partial charge in [-0.05, 0) is 76.9 Å². The molecule has 0 radical (unpaired) electrons. The van der Waals surface area contributed by atoms with Gasteiger partial charge in [0.05, 0.1) is 0 Å². The van der Waals surface area contributed by atoms with E-state index in [1.807, 2.05) is 54.6 Å². The monoisotopic (exact) mass is 580 g/mol. The van der Waals surface area contributed by atoms with Crippen LogP contribution in [0.5, 0.6) is 17.2 Å². The smallest absolute Gasteiger partial charge is 0.119 e. The van der Waals surface area contributed by atoms with Crippen LogP contribution in [0, 0.1) is 0 Å². The molecule has 0 unspecified atom stereocenters. The third kappa shape index (κ3) is 7.92. The number of ether oxygens (including phenoxy) is 3. The van der Waals surface area contributed by atoms with Crippen molar-refractivity contribution in [3.8, 4) is 17.2 Å². The van der Waals surface area contributed by atoms with Crippen LogP contribution >= 0.6 is 7.92 Å². The van der Waals surface area contributed by atoms with Crippen LogP contribution in [-0.4, -0.2) is 0 Å². The van der Waals surface area contributed by atoms with E-state index in [0.717, 1.165) is 33.9 Å². The number of hydrogen-bond donors (Lipinski definition) is 0. The van der Waals surface area contributed by atoms with E-state index in [0.29, 0.717) is 19.8 Å². The lowest BCUT2D eigenvalue weighted by Gasteiger charge is -2.20. The summed E-state index contributed by atoms with van der Waals surface area (Å²) in [6.45, 7) is 1.64. The van der Waals surface area contributed by atoms with Crippen molar-refractivity contribution in [2.24, 2.45) is 0 Å². The zero-order chi connectivity index (χ0) is 29.1. The van der Waals surface area contributed by atoms with E-state index < -0.39 is 7.92 Å². The summed E-state index contributed by atoms with van der Waals surface area (Å²) in [5.74, 6) is 2.57. The second-order valence-electron chi connectivity index (χ2n) is 10.1. The first kappa shape index (κ1) is 28.3. The second kappa shape index (κ2) is 14.4. The number of rotatable bonds is 12. The molecule has 0 bridgehead atoms. The first-order valence-electron chi connectivity index (χ1n) is 14.4. The Morgan fingerprint density at radius 2 is 0.558 bits per heavy atom. The van der Waals surface area contributed by atoms with Crippen molar-refractivity contribution in [1.82, 2.24) is 0 Å². The summed E-state index contributed by atoms with van der Waals surface area (Å²) in [6.07, 6.45) is 0. The van der Waals surface area contributed by atoms with E-state index in [9.17, 15) is 0 Å². The highest BCUT2D eigenvalue weighted by Gasteiger charge is 2.17. The summed E-state index contributed by atoms with van der Waals surface area (Å²) in [4.78, 5) is 0. The van der Waals surface area contributed by atoms with Gasteiger partial charge in [0.15, 0.2) is 0 Å². The van der Waals surface area contributed by atoms with Crippen LogP contribution in [0.25, 0.3) is 0 Å². The van der Waals surface area contributed by atoms with Crippen LogP contribution in [0.2, 0.25) is 0 Å². The standard InChI is InChI=1S/C39H33O3P/c1-4-10-31(11-5-1)28-40-34-16-22-37(23-17-34)43(38-24-18-35(19-25-38)41-29-32-12-6-2-7-13-32)39-26-20-36(21-27-39)42-30-33-14-8-3-9-15-33/h1-27H,28-30H2. The molecule has 0 amide bonds. The fourth-order valence-corrected chi connectivity index (χ4v) is 6.98. The SMILES string of the molecule is c1ccc(COc2ccc(P(c3ccc(OCc4ccccc4)cc3)c3ccc(OCc4ccccc4)cc3)cc2)cc1. The minimum atomic E-state index is -0.809. The van der Waals surface area contributed by atoms with Crippen LogP contribution in [0.1, 0.15) is 16.7 Å². The molecule has 6 aromatic carbocycles. The Kier molecular flexibility index (Phi) is 9.44. The van der Waals surface area contributed by atoms with E-state index in [-0.39, 0.29) is 0 Å². The topological polar surface area (TPSA) is 27.7 Å². The molecule has 0 aromatic heterocycles. The van der Waals surface area contributed by atoms with Gasteiger partial charge in [-0.2, -0.15) is 0 Å². The lowest BCUT2D eigenvalue weighted by Crippen LogP contribution is -2.20. The van der Waals surface area contributed by atoms with E-state index in [2.05, 4.69) is 109 Å². The lowest BCUT2D eigenvalue weighted by molar-refractivity contribution is 0.306. The van der Waals surface area contributed by atoms with Crippen LogP contribution in [0.4, 0.5) is 0 Å². The zero-order valence-electron chi connectivity index (χ0n) is 23.9. The van der Waals surface area contributed by atoms with Crippen molar-refractivity contribution in [2.45, 2.75) is 19.8 Å². The molecule has 0 saturated heterocycles. The Morgan fingerprint density at radius 1 is 0.302 bits per heavy atom. The predicted molar refractivity (Wildman–Crippen MR) is 177 cm³/mol. The maximum absolute atomic E-state index is 6.07. The molecule has 0 fully saturated rings. The molecule has 0 aliphatic heterocycles. The summed E-state index contributed by atoms with van der Waals surface area (Å²) in [5, 5.41) is 3.74. The van der Waals surface area contributed by atoms with Gasteiger partial charge in [0.2, 0.25) is 0 Å². The molecular weight excluding hydrogens is 547 g/mol. The third-order valence-corrected chi connectivity index (χ3v) is 9.47. The zero-order valence-corrected chi connectivity index (χ0v) is 24.8. The number of hydrogen-bond acceptors (Lipinski definition) is 3. The van der Waals surface area contributed by atoms with Gasteiger partial charge in [-0.15, -0.1) is 0 Å². The van der Waals surface area contributed by atoms with E-state index in [1.54, 1.807) is 0 Å². The Bertz CT molecular complexity index is 1460. The summed E-state index contributed by atoms with van der Waals surface area (Å²) in [7, 11) is -0.809. The maximum atomic E-state index is 6.07. The minimum absolute atomic E-state index is 0.545. The van der Waals surface area contributed by atoms with Gasteiger partial charge < -0.3 is 14.2 Å². The second-order valence-corrected chi connectivity index (χ2v) is 12.4. The van der Waals surface area contributed by atoms with Gasteiger partial charge in [-0.3, -0.25) is 0 Å². The van der Waals surface area contributed by atoms with Crippen LogP contribution in [-0.2, 0) is 19.8 Å². The van der Waals surface area contributed by atoms with Crippen LogP contribution < -0.4 is 30.1 Å². The molecule has 4 heteroatoms. The lowest BCUT2D eigenvalue weighted by atomic mass is 10.2.